The van der Waals surface area contributed by atoms with Gasteiger partial charge < -0.3 is 9.88 Å². The minimum Gasteiger partial charge on any atom is -0.357 e. The number of nitrogens with one attached hydrogen (secondary N) is 2. The van der Waals surface area contributed by atoms with Crippen molar-refractivity contribution >= 4 is 16.8 Å². The van der Waals surface area contributed by atoms with Crippen molar-refractivity contribution in [3.05, 3.63) is 53.7 Å². The lowest BCUT2D eigenvalue weighted by molar-refractivity contribution is -0.130. The van der Waals surface area contributed by atoms with Gasteiger partial charge in [0.2, 0.25) is 5.91 Å². The molecule has 2 heterocycles. The molecule has 1 amide bonds. The molecule has 0 spiro atoms. The summed E-state index contributed by atoms with van der Waals surface area (Å²) in [5, 5.41) is 7.47. The molecule has 5 nitrogen and oxygen atoms in total. The van der Waals surface area contributed by atoms with Crippen LogP contribution in [0.2, 0.25) is 0 Å². The molecule has 0 saturated carbocycles. The Balaban J connectivity index is 1.54. The third-order valence-electron chi connectivity index (χ3n) is 3.88. The lowest BCUT2D eigenvalue weighted by atomic mass is 10.1. The minimum atomic E-state index is -0.258. The summed E-state index contributed by atoms with van der Waals surface area (Å²) in [7, 11) is 1.78. The molecule has 3 rings (SSSR count). The Kier molecular flexibility index (Phi) is 4.41. The van der Waals surface area contributed by atoms with Crippen molar-refractivity contribution in [2.75, 3.05) is 7.05 Å². The van der Waals surface area contributed by atoms with E-state index in [9.17, 15) is 9.18 Å². The van der Waals surface area contributed by atoms with Gasteiger partial charge in [0.05, 0.1) is 12.7 Å². The molecule has 6 heteroatoms. The first-order valence-electron chi connectivity index (χ1n) is 7.60. The van der Waals surface area contributed by atoms with E-state index in [2.05, 4.69) is 15.2 Å². The standard InChI is InChI=1S/C17H19FN4O/c1-22(17(23)4-2-3-12-9-19-20-10-12)11-15-8-13-7-14(18)5-6-16(13)21-15/h5-10,21H,2-4,11H2,1H3,(H,19,20). The van der Waals surface area contributed by atoms with Crippen LogP contribution >= 0.6 is 0 Å². The van der Waals surface area contributed by atoms with Gasteiger partial charge in [-0.2, -0.15) is 5.10 Å². The third-order valence-corrected chi connectivity index (χ3v) is 3.88. The van der Waals surface area contributed by atoms with Gasteiger partial charge in [0, 0.05) is 36.3 Å². The Labute approximate surface area is 133 Å². The molecule has 0 aliphatic carbocycles. The fourth-order valence-corrected chi connectivity index (χ4v) is 2.64. The van der Waals surface area contributed by atoms with E-state index in [1.807, 2.05) is 12.3 Å². The van der Waals surface area contributed by atoms with Crippen LogP contribution < -0.4 is 0 Å². The van der Waals surface area contributed by atoms with Crippen LogP contribution in [0, 0.1) is 5.82 Å². The van der Waals surface area contributed by atoms with Gasteiger partial charge in [-0.3, -0.25) is 9.89 Å². The van der Waals surface area contributed by atoms with E-state index in [1.165, 1.54) is 12.1 Å². The molecule has 0 fully saturated rings. The molecular weight excluding hydrogens is 295 g/mol. The first kappa shape index (κ1) is 15.3. The topological polar surface area (TPSA) is 64.8 Å². The molecule has 0 bridgehead atoms. The van der Waals surface area contributed by atoms with E-state index in [-0.39, 0.29) is 11.7 Å². The van der Waals surface area contributed by atoms with Gasteiger partial charge in [-0.15, -0.1) is 0 Å². The second-order valence-electron chi connectivity index (χ2n) is 5.74. The molecule has 2 N–H and O–H groups in total. The average Bonchev–Trinajstić information content (AvgIpc) is 3.15. The zero-order valence-corrected chi connectivity index (χ0v) is 13.0. The maximum Gasteiger partial charge on any atom is 0.222 e. The van der Waals surface area contributed by atoms with E-state index in [0.29, 0.717) is 13.0 Å². The van der Waals surface area contributed by atoms with Crippen molar-refractivity contribution in [3.63, 3.8) is 0 Å². The van der Waals surface area contributed by atoms with Crippen LogP contribution in [0.1, 0.15) is 24.1 Å². The largest absolute Gasteiger partial charge is 0.357 e. The number of aromatic nitrogens is 3. The summed E-state index contributed by atoms with van der Waals surface area (Å²) in [6, 6.07) is 6.50. The van der Waals surface area contributed by atoms with Crippen LogP contribution in [0.5, 0.6) is 0 Å². The number of amides is 1. The summed E-state index contributed by atoms with van der Waals surface area (Å²) >= 11 is 0. The van der Waals surface area contributed by atoms with E-state index in [0.717, 1.165) is 35.0 Å². The lowest BCUT2D eigenvalue weighted by Crippen LogP contribution is -2.26. The fraction of sp³-hybridized carbons (Fsp3) is 0.294. The van der Waals surface area contributed by atoms with Gasteiger partial charge in [0.25, 0.3) is 0 Å². The van der Waals surface area contributed by atoms with Crippen molar-refractivity contribution in [1.29, 1.82) is 0 Å². The number of nitrogens with zero attached hydrogens (tertiary/aromatic N) is 2. The number of fused-ring (bicyclic) bond motifs is 1. The molecule has 120 valence electrons. The Morgan fingerprint density at radius 1 is 1.35 bits per heavy atom. The summed E-state index contributed by atoms with van der Waals surface area (Å²) in [5.74, 6) is -0.162. The van der Waals surface area contributed by atoms with Crippen molar-refractivity contribution in [3.8, 4) is 0 Å². The molecule has 0 aliphatic heterocycles. The maximum atomic E-state index is 13.2. The SMILES string of the molecule is CN(Cc1cc2cc(F)ccc2[nH]1)C(=O)CCCc1cn[nH]c1. The van der Waals surface area contributed by atoms with Crippen molar-refractivity contribution < 1.29 is 9.18 Å². The van der Waals surface area contributed by atoms with E-state index >= 15 is 0 Å². The number of benzene rings is 1. The van der Waals surface area contributed by atoms with Crippen molar-refractivity contribution in [2.45, 2.75) is 25.8 Å². The Bertz CT molecular complexity index is 794. The number of carbonyl (C=O) groups excluding carboxylic acids is 1. The zero-order valence-electron chi connectivity index (χ0n) is 13.0. The second kappa shape index (κ2) is 6.64. The van der Waals surface area contributed by atoms with Crippen molar-refractivity contribution in [1.82, 2.24) is 20.1 Å². The van der Waals surface area contributed by atoms with Crippen LogP contribution in [0.25, 0.3) is 10.9 Å². The highest BCUT2D eigenvalue weighted by Crippen LogP contribution is 2.17. The van der Waals surface area contributed by atoms with Gasteiger partial charge >= 0.3 is 0 Å². The third kappa shape index (κ3) is 3.77. The predicted octanol–water partition coefficient (Wildman–Crippen LogP) is 3.01. The van der Waals surface area contributed by atoms with E-state index < -0.39 is 0 Å². The highest BCUT2D eigenvalue weighted by molar-refractivity contribution is 5.81. The average molecular weight is 314 g/mol. The number of halogens is 1. The van der Waals surface area contributed by atoms with Crippen LogP contribution in [0.15, 0.2) is 36.7 Å². The van der Waals surface area contributed by atoms with E-state index in [1.54, 1.807) is 24.2 Å². The fourth-order valence-electron chi connectivity index (χ4n) is 2.64. The number of aryl methyl sites for hydroxylation is 1. The number of aromatic amines is 2. The summed E-state index contributed by atoms with van der Waals surface area (Å²) in [6.07, 6.45) is 5.74. The quantitative estimate of drug-likeness (QED) is 0.734. The first-order chi connectivity index (χ1) is 11.1. The number of hydrogen-bond acceptors (Lipinski definition) is 2. The molecule has 2 aromatic heterocycles. The predicted molar refractivity (Wildman–Crippen MR) is 86.3 cm³/mol. The molecule has 1 aromatic carbocycles. The van der Waals surface area contributed by atoms with Gasteiger partial charge in [-0.05, 0) is 42.7 Å². The van der Waals surface area contributed by atoms with Gasteiger partial charge in [-0.1, -0.05) is 0 Å². The Hall–Kier alpha value is -2.63. The molecule has 23 heavy (non-hydrogen) atoms. The molecule has 0 unspecified atom stereocenters. The van der Waals surface area contributed by atoms with Crippen LogP contribution in [0.3, 0.4) is 0 Å². The normalized spacial score (nSPS) is 11.0. The van der Waals surface area contributed by atoms with Crippen LogP contribution in [-0.2, 0) is 17.8 Å². The van der Waals surface area contributed by atoms with Crippen LogP contribution in [-0.4, -0.2) is 33.0 Å². The highest BCUT2D eigenvalue weighted by Gasteiger charge is 2.11. The van der Waals surface area contributed by atoms with Gasteiger partial charge in [-0.25, -0.2) is 4.39 Å². The molecule has 0 aliphatic rings. The number of carbonyl (C=O) groups is 1. The summed E-state index contributed by atoms with van der Waals surface area (Å²) in [5.41, 5.74) is 2.89. The minimum absolute atomic E-state index is 0.0957. The summed E-state index contributed by atoms with van der Waals surface area (Å²) in [6.45, 7) is 0.487. The van der Waals surface area contributed by atoms with Gasteiger partial charge in [0.15, 0.2) is 0 Å². The highest BCUT2D eigenvalue weighted by atomic mass is 19.1. The molecule has 3 aromatic rings. The molecule has 0 saturated heterocycles. The Morgan fingerprint density at radius 3 is 3.00 bits per heavy atom. The monoisotopic (exact) mass is 314 g/mol. The second-order valence-corrected chi connectivity index (χ2v) is 5.74. The van der Waals surface area contributed by atoms with Crippen molar-refractivity contribution in [2.24, 2.45) is 0 Å². The summed E-state index contributed by atoms with van der Waals surface area (Å²) < 4.78 is 13.2. The molecule has 0 atom stereocenters. The number of H-pyrrole nitrogens is 2. The molecule has 0 radical (unpaired) electrons. The Morgan fingerprint density at radius 2 is 2.22 bits per heavy atom. The lowest BCUT2D eigenvalue weighted by Gasteiger charge is -2.16. The number of rotatable bonds is 6. The number of hydrogen-bond donors (Lipinski definition) is 2. The first-order valence-corrected chi connectivity index (χ1v) is 7.60. The summed E-state index contributed by atoms with van der Waals surface area (Å²) in [4.78, 5) is 17.1. The zero-order chi connectivity index (χ0) is 16.2. The van der Waals surface area contributed by atoms with E-state index in [4.69, 9.17) is 0 Å². The molecular formula is C17H19FN4O. The van der Waals surface area contributed by atoms with Gasteiger partial charge in [0.1, 0.15) is 5.82 Å². The smallest absolute Gasteiger partial charge is 0.222 e. The van der Waals surface area contributed by atoms with Crippen LogP contribution in [0.4, 0.5) is 4.39 Å². The maximum absolute atomic E-state index is 13.2.